The molecule has 1 aliphatic carbocycles. The fourth-order valence-electron chi connectivity index (χ4n) is 4.83. The van der Waals surface area contributed by atoms with Crippen LogP contribution in [0.4, 0.5) is 0 Å². The summed E-state index contributed by atoms with van der Waals surface area (Å²) < 4.78 is 19.2. The molecule has 0 saturated heterocycles. The summed E-state index contributed by atoms with van der Waals surface area (Å²) in [5, 5.41) is 4.64. The van der Waals surface area contributed by atoms with Crippen LogP contribution in [0.2, 0.25) is 0 Å². The molecule has 0 amide bonds. The molecule has 4 aromatic rings. The number of benzene rings is 1. The van der Waals surface area contributed by atoms with Crippen LogP contribution in [0.1, 0.15) is 43.9 Å². The van der Waals surface area contributed by atoms with Crippen LogP contribution in [0.15, 0.2) is 64.7 Å². The summed E-state index contributed by atoms with van der Waals surface area (Å²) in [6, 6.07) is 11.3. The summed E-state index contributed by atoms with van der Waals surface area (Å²) in [5.74, 6) is 2.49. The van der Waals surface area contributed by atoms with Crippen molar-refractivity contribution in [1.29, 1.82) is 0 Å². The van der Waals surface area contributed by atoms with Crippen molar-refractivity contribution in [2.24, 2.45) is 5.41 Å². The van der Waals surface area contributed by atoms with Crippen LogP contribution in [0, 0.1) is 5.41 Å². The highest BCUT2D eigenvalue weighted by molar-refractivity contribution is 6.00. The number of carbonyl (C=O) groups excluding carboxylic acids is 1. The van der Waals surface area contributed by atoms with E-state index in [1.807, 2.05) is 36.4 Å². The number of ketones is 1. The van der Waals surface area contributed by atoms with Gasteiger partial charge in [-0.2, -0.15) is 0 Å². The second-order valence-electron chi connectivity index (χ2n) is 9.20. The van der Waals surface area contributed by atoms with Crippen molar-refractivity contribution < 1.29 is 18.7 Å². The highest BCUT2D eigenvalue weighted by Crippen LogP contribution is 2.50. The summed E-state index contributed by atoms with van der Waals surface area (Å²) in [7, 11) is 1.61. The molecular weight excluding hydrogens is 420 g/mol. The second kappa shape index (κ2) is 7.03. The SMILES string of the molecule is COc1ccccc1-c1nc2c3c(ncn2n1)OC1=C(C(=O)CC(C)(C)C1)C3c1ccco1. The van der Waals surface area contributed by atoms with Gasteiger partial charge in [0, 0.05) is 18.4 Å². The topological polar surface area (TPSA) is 91.8 Å². The Balaban J connectivity index is 1.59. The Kier molecular flexibility index (Phi) is 4.20. The average molecular weight is 442 g/mol. The number of carbonyl (C=O) groups is 1. The van der Waals surface area contributed by atoms with Gasteiger partial charge in [-0.25, -0.2) is 14.5 Å². The van der Waals surface area contributed by atoms with E-state index >= 15 is 0 Å². The number of allylic oxidation sites excluding steroid dienone is 2. The molecular formula is C25H22N4O4. The van der Waals surface area contributed by atoms with Gasteiger partial charge in [-0.15, -0.1) is 5.10 Å². The van der Waals surface area contributed by atoms with E-state index in [4.69, 9.17) is 18.9 Å². The molecule has 2 aliphatic rings. The molecule has 1 aromatic carbocycles. The molecule has 1 atom stereocenters. The number of fused-ring (bicyclic) bond motifs is 3. The number of hydrogen-bond donors (Lipinski definition) is 0. The number of para-hydroxylation sites is 1. The lowest BCUT2D eigenvalue weighted by Gasteiger charge is -2.36. The Bertz CT molecular complexity index is 1430. The van der Waals surface area contributed by atoms with Crippen molar-refractivity contribution >= 4 is 11.4 Å². The van der Waals surface area contributed by atoms with E-state index in [1.54, 1.807) is 24.2 Å². The molecule has 166 valence electrons. The van der Waals surface area contributed by atoms with E-state index in [0.29, 0.717) is 58.6 Å². The Morgan fingerprint density at radius 2 is 2.00 bits per heavy atom. The van der Waals surface area contributed by atoms with Crippen LogP contribution in [-0.2, 0) is 4.79 Å². The lowest BCUT2D eigenvalue weighted by molar-refractivity contribution is -0.118. The zero-order valence-corrected chi connectivity index (χ0v) is 18.5. The van der Waals surface area contributed by atoms with Gasteiger partial charge in [-0.05, 0) is 29.7 Å². The quantitative estimate of drug-likeness (QED) is 0.459. The maximum atomic E-state index is 13.3. The molecule has 0 bridgehead atoms. The number of aromatic nitrogens is 4. The summed E-state index contributed by atoms with van der Waals surface area (Å²) in [6.45, 7) is 4.15. The van der Waals surface area contributed by atoms with E-state index in [-0.39, 0.29) is 11.2 Å². The molecule has 0 N–H and O–H groups in total. The van der Waals surface area contributed by atoms with Gasteiger partial charge >= 0.3 is 0 Å². The minimum Gasteiger partial charge on any atom is -0.496 e. The fraction of sp³-hybridized carbons (Fsp3) is 0.280. The highest BCUT2D eigenvalue weighted by Gasteiger charge is 2.45. The summed E-state index contributed by atoms with van der Waals surface area (Å²) in [4.78, 5) is 22.7. The highest BCUT2D eigenvalue weighted by atomic mass is 16.5. The number of methoxy groups -OCH3 is 1. The normalized spacial score (nSPS) is 19.2. The third-order valence-electron chi connectivity index (χ3n) is 6.24. The smallest absolute Gasteiger partial charge is 0.228 e. The van der Waals surface area contributed by atoms with E-state index in [2.05, 4.69) is 23.9 Å². The Labute approximate surface area is 189 Å². The fourth-order valence-corrected chi connectivity index (χ4v) is 4.83. The minimum absolute atomic E-state index is 0.0553. The van der Waals surface area contributed by atoms with Crippen molar-refractivity contribution in [3.05, 3.63) is 71.6 Å². The lowest BCUT2D eigenvalue weighted by Crippen LogP contribution is -2.33. The van der Waals surface area contributed by atoms with Crippen molar-refractivity contribution in [3.8, 4) is 23.0 Å². The van der Waals surface area contributed by atoms with Crippen LogP contribution < -0.4 is 9.47 Å². The first-order chi connectivity index (χ1) is 15.9. The molecule has 3 aromatic heterocycles. The zero-order valence-electron chi connectivity index (χ0n) is 18.5. The molecule has 0 fully saturated rings. The molecule has 33 heavy (non-hydrogen) atoms. The number of ether oxygens (including phenoxy) is 2. The Morgan fingerprint density at radius 1 is 1.15 bits per heavy atom. The van der Waals surface area contributed by atoms with E-state index in [0.717, 1.165) is 5.56 Å². The largest absolute Gasteiger partial charge is 0.496 e. The zero-order chi connectivity index (χ0) is 22.7. The van der Waals surface area contributed by atoms with Crippen molar-refractivity contribution in [1.82, 2.24) is 19.6 Å². The van der Waals surface area contributed by atoms with Crippen molar-refractivity contribution in [3.63, 3.8) is 0 Å². The molecule has 1 unspecified atom stereocenters. The lowest BCUT2D eigenvalue weighted by atomic mass is 9.71. The molecule has 8 nitrogen and oxygen atoms in total. The first-order valence-corrected chi connectivity index (χ1v) is 10.8. The van der Waals surface area contributed by atoms with Crippen LogP contribution in [0.3, 0.4) is 0 Å². The van der Waals surface area contributed by atoms with E-state index < -0.39 is 5.92 Å². The maximum Gasteiger partial charge on any atom is 0.228 e. The van der Waals surface area contributed by atoms with Crippen molar-refractivity contribution in [2.45, 2.75) is 32.6 Å². The van der Waals surface area contributed by atoms with E-state index in [9.17, 15) is 4.79 Å². The van der Waals surface area contributed by atoms with Crippen LogP contribution in [-0.4, -0.2) is 32.5 Å². The molecule has 6 rings (SSSR count). The van der Waals surface area contributed by atoms with Crippen LogP contribution in [0.25, 0.3) is 17.0 Å². The maximum absolute atomic E-state index is 13.3. The number of nitrogens with zero attached hydrogens (tertiary/aromatic N) is 4. The predicted molar refractivity (Wildman–Crippen MR) is 119 cm³/mol. The summed E-state index contributed by atoms with van der Waals surface area (Å²) in [5.41, 5.74) is 2.43. The van der Waals surface area contributed by atoms with E-state index in [1.165, 1.54) is 0 Å². The average Bonchev–Trinajstić information content (AvgIpc) is 3.46. The number of furan rings is 1. The second-order valence-corrected chi connectivity index (χ2v) is 9.20. The summed E-state index contributed by atoms with van der Waals surface area (Å²) in [6.07, 6.45) is 4.29. The van der Waals surface area contributed by atoms with Crippen molar-refractivity contribution in [2.75, 3.05) is 7.11 Å². The molecule has 4 heterocycles. The predicted octanol–water partition coefficient (Wildman–Crippen LogP) is 4.56. The van der Waals surface area contributed by atoms with Gasteiger partial charge in [0.25, 0.3) is 0 Å². The minimum atomic E-state index is -0.465. The Hall–Kier alpha value is -3.94. The number of rotatable bonds is 3. The van der Waals surface area contributed by atoms with Gasteiger partial charge in [-0.1, -0.05) is 26.0 Å². The van der Waals surface area contributed by atoms with Gasteiger partial charge in [0.05, 0.1) is 30.4 Å². The molecule has 8 heteroatoms. The monoisotopic (exact) mass is 442 g/mol. The first-order valence-electron chi connectivity index (χ1n) is 10.8. The van der Waals surface area contributed by atoms with Gasteiger partial charge < -0.3 is 13.9 Å². The molecule has 1 aliphatic heterocycles. The molecule has 0 spiro atoms. The number of hydrogen-bond acceptors (Lipinski definition) is 7. The number of Topliss-reactive ketones (excluding diaryl/α,β-unsaturated/α-hetero) is 1. The summed E-state index contributed by atoms with van der Waals surface area (Å²) >= 11 is 0. The van der Waals surface area contributed by atoms with Gasteiger partial charge in [0.15, 0.2) is 17.3 Å². The third kappa shape index (κ3) is 3.05. The van der Waals surface area contributed by atoms with Gasteiger partial charge in [-0.3, -0.25) is 4.79 Å². The molecule has 0 saturated carbocycles. The van der Waals surface area contributed by atoms with Crippen LogP contribution in [0.5, 0.6) is 11.6 Å². The van der Waals surface area contributed by atoms with Gasteiger partial charge in [0.1, 0.15) is 23.6 Å². The third-order valence-corrected chi connectivity index (χ3v) is 6.24. The van der Waals surface area contributed by atoms with Gasteiger partial charge in [0.2, 0.25) is 5.88 Å². The first kappa shape index (κ1) is 19.7. The van der Waals surface area contributed by atoms with Crippen LogP contribution >= 0.6 is 0 Å². The Morgan fingerprint density at radius 3 is 2.79 bits per heavy atom. The molecule has 0 radical (unpaired) electrons. The standard InChI is InChI=1S/C25H22N4O4/c1-25(2)11-15(30)19-18(12-25)33-24-21(20(19)17-9-6-10-32-17)23-27-22(28-29(23)13-26-24)14-7-4-5-8-16(14)31-3/h4-10,13,20H,11-12H2,1-3H3.